The van der Waals surface area contributed by atoms with Crippen LogP contribution in [0.1, 0.15) is 17.2 Å². The Morgan fingerprint density at radius 3 is 2.88 bits per heavy atom. The van der Waals surface area contributed by atoms with Gasteiger partial charge in [0.15, 0.2) is 0 Å². The minimum Gasteiger partial charge on any atom is -0.493 e. The van der Waals surface area contributed by atoms with Crippen LogP contribution in [0.25, 0.3) is 0 Å². The summed E-state index contributed by atoms with van der Waals surface area (Å²) >= 11 is 0. The van der Waals surface area contributed by atoms with E-state index >= 15 is 0 Å². The highest BCUT2D eigenvalue weighted by molar-refractivity contribution is 5.75. The van der Waals surface area contributed by atoms with E-state index in [1.807, 2.05) is 0 Å². The standard InChI is InChI=1S/C10H9F2NO3/c11-5-3-6-4(1-2-16-6)8(12)7(5)9(13)10(14)15/h3,9H,1-2,13H2,(H,14,15). The van der Waals surface area contributed by atoms with Crippen LogP contribution < -0.4 is 10.5 Å². The van der Waals surface area contributed by atoms with Crippen LogP contribution in [0, 0.1) is 11.6 Å². The molecule has 0 amide bonds. The first-order valence-electron chi connectivity index (χ1n) is 4.64. The summed E-state index contributed by atoms with van der Waals surface area (Å²) in [6, 6.07) is -0.727. The van der Waals surface area contributed by atoms with Crippen molar-refractivity contribution in [1.29, 1.82) is 0 Å². The Kier molecular flexibility index (Phi) is 2.51. The van der Waals surface area contributed by atoms with Gasteiger partial charge in [-0.2, -0.15) is 0 Å². The normalized spacial score (nSPS) is 15.4. The molecule has 86 valence electrons. The van der Waals surface area contributed by atoms with Gasteiger partial charge in [0.1, 0.15) is 23.4 Å². The summed E-state index contributed by atoms with van der Waals surface area (Å²) in [7, 11) is 0. The van der Waals surface area contributed by atoms with Crippen LogP contribution in [0.2, 0.25) is 0 Å². The van der Waals surface area contributed by atoms with Crippen molar-refractivity contribution in [1.82, 2.24) is 0 Å². The molecular weight excluding hydrogens is 220 g/mol. The number of aliphatic carboxylic acids is 1. The van der Waals surface area contributed by atoms with Gasteiger partial charge in [0.25, 0.3) is 0 Å². The first kappa shape index (κ1) is 10.8. The van der Waals surface area contributed by atoms with Crippen molar-refractivity contribution >= 4 is 5.97 Å². The summed E-state index contributed by atoms with van der Waals surface area (Å²) in [6.07, 6.45) is 0.292. The average molecular weight is 229 g/mol. The van der Waals surface area contributed by atoms with Crippen molar-refractivity contribution in [2.45, 2.75) is 12.5 Å². The van der Waals surface area contributed by atoms with Crippen LogP contribution in [-0.4, -0.2) is 17.7 Å². The predicted octanol–water partition coefficient (Wildman–Crippen LogP) is 0.984. The Bertz CT molecular complexity index is 462. The zero-order valence-corrected chi connectivity index (χ0v) is 8.17. The molecule has 1 aliphatic rings. The molecule has 1 aromatic rings. The Labute approximate surface area is 89.6 Å². The van der Waals surface area contributed by atoms with Gasteiger partial charge in [-0.25, -0.2) is 8.78 Å². The zero-order valence-electron chi connectivity index (χ0n) is 8.17. The lowest BCUT2D eigenvalue weighted by Crippen LogP contribution is -2.23. The van der Waals surface area contributed by atoms with Crippen LogP contribution in [0.4, 0.5) is 8.78 Å². The molecule has 0 aliphatic carbocycles. The SMILES string of the molecule is NC(C(=O)O)c1c(F)cc2c(c1F)CCO2. The highest BCUT2D eigenvalue weighted by Gasteiger charge is 2.29. The fourth-order valence-electron chi connectivity index (χ4n) is 1.69. The van der Waals surface area contributed by atoms with E-state index in [2.05, 4.69) is 0 Å². The third kappa shape index (κ3) is 1.51. The van der Waals surface area contributed by atoms with Crippen molar-refractivity contribution in [3.8, 4) is 5.75 Å². The fourth-order valence-corrected chi connectivity index (χ4v) is 1.69. The van der Waals surface area contributed by atoms with Gasteiger partial charge < -0.3 is 15.6 Å². The molecular formula is C10H9F2NO3. The maximum Gasteiger partial charge on any atom is 0.325 e. The number of carbonyl (C=O) groups is 1. The zero-order chi connectivity index (χ0) is 11.9. The highest BCUT2D eigenvalue weighted by Crippen LogP contribution is 2.33. The van der Waals surface area contributed by atoms with E-state index < -0.39 is 29.2 Å². The lowest BCUT2D eigenvalue weighted by molar-refractivity contribution is -0.138. The Balaban J connectivity index is 2.58. The van der Waals surface area contributed by atoms with Crippen LogP contribution >= 0.6 is 0 Å². The van der Waals surface area contributed by atoms with Crippen molar-refractivity contribution < 1.29 is 23.4 Å². The fraction of sp³-hybridized carbons (Fsp3) is 0.300. The second-order valence-corrected chi connectivity index (χ2v) is 3.48. The quantitative estimate of drug-likeness (QED) is 0.793. The lowest BCUT2D eigenvalue weighted by Gasteiger charge is -2.11. The summed E-state index contributed by atoms with van der Waals surface area (Å²) in [4.78, 5) is 10.6. The van der Waals surface area contributed by atoms with E-state index in [-0.39, 0.29) is 17.9 Å². The van der Waals surface area contributed by atoms with Gasteiger partial charge in [-0.1, -0.05) is 0 Å². The summed E-state index contributed by atoms with van der Waals surface area (Å²) in [5.41, 5.74) is 4.79. The van der Waals surface area contributed by atoms with Gasteiger partial charge in [0, 0.05) is 18.1 Å². The van der Waals surface area contributed by atoms with Gasteiger partial charge in [0.2, 0.25) is 0 Å². The number of carboxylic acid groups (broad SMARTS) is 1. The van der Waals surface area contributed by atoms with Crippen LogP contribution in [0.5, 0.6) is 5.75 Å². The molecule has 4 nitrogen and oxygen atoms in total. The molecule has 0 spiro atoms. The first-order chi connectivity index (χ1) is 7.52. The largest absolute Gasteiger partial charge is 0.493 e. The molecule has 2 rings (SSSR count). The van der Waals surface area contributed by atoms with E-state index in [4.69, 9.17) is 15.6 Å². The number of carboxylic acids is 1. The van der Waals surface area contributed by atoms with E-state index in [0.29, 0.717) is 6.42 Å². The second kappa shape index (κ2) is 3.71. The number of fused-ring (bicyclic) bond motifs is 1. The van der Waals surface area contributed by atoms with Crippen molar-refractivity contribution in [3.63, 3.8) is 0 Å². The molecule has 3 N–H and O–H groups in total. The maximum absolute atomic E-state index is 13.8. The number of ether oxygens (including phenoxy) is 1. The van der Waals surface area contributed by atoms with Crippen LogP contribution in [0.3, 0.4) is 0 Å². The van der Waals surface area contributed by atoms with Crippen molar-refractivity contribution in [3.05, 3.63) is 28.8 Å². The highest BCUT2D eigenvalue weighted by atomic mass is 19.1. The Morgan fingerprint density at radius 1 is 1.56 bits per heavy atom. The minimum absolute atomic E-state index is 0.122. The van der Waals surface area contributed by atoms with Gasteiger partial charge in [-0.05, 0) is 0 Å². The molecule has 1 atom stereocenters. The summed E-state index contributed by atoms with van der Waals surface area (Å²) in [5.74, 6) is -3.26. The molecule has 0 saturated heterocycles. The lowest BCUT2D eigenvalue weighted by atomic mass is 10.0. The molecule has 1 unspecified atom stereocenters. The molecule has 1 heterocycles. The van der Waals surface area contributed by atoms with Gasteiger partial charge in [-0.3, -0.25) is 4.79 Å². The minimum atomic E-state index is -1.70. The number of rotatable bonds is 2. The van der Waals surface area contributed by atoms with Crippen LogP contribution in [0.15, 0.2) is 6.07 Å². The molecule has 0 fully saturated rings. The first-order valence-corrected chi connectivity index (χ1v) is 4.64. The smallest absolute Gasteiger partial charge is 0.325 e. The molecule has 0 radical (unpaired) electrons. The van der Waals surface area contributed by atoms with Gasteiger partial charge >= 0.3 is 5.97 Å². The molecule has 0 aromatic heterocycles. The third-order valence-electron chi connectivity index (χ3n) is 2.50. The van der Waals surface area contributed by atoms with E-state index in [9.17, 15) is 13.6 Å². The molecule has 1 aromatic carbocycles. The number of hydrogen-bond donors (Lipinski definition) is 2. The van der Waals surface area contributed by atoms with Crippen LogP contribution in [-0.2, 0) is 11.2 Å². The monoisotopic (exact) mass is 229 g/mol. The maximum atomic E-state index is 13.8. The van der Waals surface area contributed by atoms with Gasteiger partial charge in [0.05, 0.1) is 12.2 Å². The third-order valence-corrected chi connectivity index (χ3v) is 2.50. The molecule has 0 saturated carbocycles. The average Bonchev–Trinajstić information content (AvgIpc) is 2.65. The number of halogens is 2. The molecule has 0 bridgehead atoms. The molecule has 6 heteroatoms. The van der Waals surface area contributed by atoms with Gasteiger partial charge in [-0.15, -0.1) is 0 Å². The summed E-state index contributed by atoms with van der Waals surface area (Å²) in [5, 5.41) is 8.64. The predicted molar refractivity (Wildman–Crippen MR) is 50.1 cm³/mol. The van der Waals surface area contributed by atoms with E-state index in [0.717, 1.165) is 6.07 Å². The number of benzene rings is 1. The van der Waals surface area contributed by atoms with E-state index in [1.54, 1.807) is 0 Å². The Morgan fingerprint density at radius 2 is 2.25 bits per heavy atom. The second-order valence-electron chi connectivity index (χ2n) is 3.48. The van der Waals surface area contributed by atoms with Crippen molar-refractivity contribution in [2.75, 3.05) is 6.61 Å². The molecule has 16 heavy (non-hydrogen) atoms. The summed E-state index contributed by atoms with van der Waals surface area (Å²) < 4.78 is 32.2. The van der Waals surface area contributed by atoms with E-state index in [1.165, 1.54) is 0 Å². The van der Waals surface area contributed by atoms with Crippen molar-refractivity contribution in [2.24, 2.45) is 5.73 Å². The number of nitrogens with two attached hydrogens (primary N) is 1. The topological polar surface area (TPSA) is 72.6 Å². The summed E-state index contributed by atoms with van der Waals surface area (Å²) in [6.45, 7) is 0.261. The number of hydrogen-bond acceptors (Lipinski definition) is 3. The molecule has 1 aliphatic heterocycles. The Hall–Kier alpha value is -1.69.